The van der Waals surface area contributed by atoms with E-state index in [1.807, 2.05) is 6.07 Å². The number of aromatic nitrogens is 3. The zero-order chi connectivity index (χ0) is 20.5. The molecule has 5 rings (SSSR count). The third kappa shape index (κ3) is 3.89. The number of ether oxygens (including phenoxy) is 1. The topological polar surface area (TPSA) is 76.3 Å². The first-order valence-corrected chi connectivity index (χ1v) is 10.7. The maximum atomic E-state index is 14.4. The molecule has 0 bridgehead atoms. The van der Waals surface area contributed by atoms with Gasteiger partial charge in [0.25, 0.3) is 5.89 Å². The Morgan fingerprint density at radius 2 is 1.83 bits per heavy atom. The lowest BCUT2D eigenvalue weighted by Crippen LogP contribution is -2.48. The summed E-state index contributed by atoms with van der Waals surface area (Å²) < 4.78 is 25.3. The Balaban J connectivity index is 1.41. The van der Waals surface area contributed by atoms with Gasteiger partial charge in [-0.2, -0.15) is 4.98 Å². The minimum Gasteiger partial charge on any atom is -0.381 e. The van der Waals surface area contributed by atoms with E-state index < -0.39 is 0 Å². The van der Waals surface area contributed by atoms with Crippen LogP contribution in [0.15, 0.2) is 28.8 Å². The molecule has 0 unspecified atom stereocenters. The summed E-state index contributed by atoms with van der Waals surface area (Å²) in [6.45, 7) is 5.21. The summed E-state index contributed by atoms with van der Waals surface area (Å²) in [5.41, 5.74) is 1.32. The molecular weight excluding hydrogens is 385 g/mol. The standard InChI is InChI=1S/C22H26FN5O2/c1-14-24-22(30-27-14)18-13-17-19(23)3-2-4-20(17)26-21(18)28-9-5-15(6-10-28)25-16-7-11-29-12-8-16/h2-4,13,15-16,25H,5-12H2,1H3. The summed E-state index contributed by atoms with van der Waals surface area (Å²) in [5, 5.41) is 8.17. The average Bonchev–Trinajstić information content (AvgIpc) is 3.21. The molecule has 1 aromatic carbocycles. The second-order valence-electron chi connectivity index (χ2n) is 8.13. The van der Waals surface area contributed by atoms with Crippen molar-refractivity contribution in [1.29, 1.82) is 0 Å². The van der Waals surface area contributed by atoms with Gasteiger partial charge in [0.1, 0.15) is 11.6 Å². The Bertz CT molecular complexity index is 1030. The van der Waals surface area contributed by atoms with Crippen LogP contribution in [0.4, 0.5) is 10.2 Å². The molecule has 7 nitrogen and oxygen atoms in total. The van der Waals surface area contributed by atoms with E-state index in [1.165, 1.54) is 6.07 Å². The van der Waals surface area contributed by atoms with Crippen LogP contribution < -0.4 is 10.2 Å². The molecule has 0 spiro atoms. The highest BCUT2D eigenvalue weighted by Crippen LogP contribution is 2.34. The van der Waals surface area contributed by atoms with Gasteiger partial charge in [-0.05, 0) is 50.8 Å². The van der Waals surface area contributed by atoms with Crippen molar-refractivity contribution in [2.75, 3.05) is 31.2 Å². The largest absolute Gasteiger partial charge is 0.381 e. The van der Waals surface area contributed by atoms with Crippen molar-refractivity contribution in [3.63, 3.8) is 0 Å². The molecule has 0 radical (unpaired) electrons. The van der Waals surface area contributed by atoms with Gasteiger partial charge in [0.2, 0.25) is 0 Å². The van der Waals surface area contributed by atoms with Gasteiger partial charge in [0, 0.05) is 43.8 Å². The summed E-state index contributed by atoms with van der Waals surface area (Å²) in [6, 6.07) is 7.80. The number of benzene rings is 1. The van der Waals surface area contributed by atoms with Gasteiger partial charge in [0.05, 0.1) is 11.1 Å². The molecule has 30 heavy (non-hydrogen) atoms. The molecule has 2 aromatic heterocycles. The molecule has 4 heterocycles. The summed E-state index contributed by atoms with van der Waals surface area (Å²) in [7, 11) is 0. The van der Waals surface area contributed by atoms with Crippen LogP contribution in [0, 0.1) is 12.7 Å². The van der Waals surface area contributed by atoms with Gasteiger partial charge < -0.3 is 19.5 Å². The molecular formula is C22H26FN5O2. The molecule has 2 saturated heterocycles. The Morgan fingerprint density at radius 3 is 2.57 bits per heavy atom. The number of nitrogens with one attached hydrogen (secondary N) is 1. The Labute approximate surface area is 174 Å². The third-order valence-corrected chi connectivity index (χ3v) is 6.03. The van der Waals surface area contributed by atoms with Gasteiger partial charge in [-0.25, -0.2) is 9.37 Å². The van der Waals surface area contributed by atoms with Gasteiger partial charge in [-0.1, -0.05) is 11.2 Å². The van der Waals surface area contributed by atoms with E-state index >= 15 is 0 Å². The van der Waals surface area contributed by atoms with E-state index in [9.17, 15) is 4.39 Å². The predicted octanol–water partition coefficient (Wildman–Crippen LogP) is 3.47. The molecule has 0 amide bonds. The van der Waals surface area contributed by atoms with Crippen LogP contribution in [0.25, 0.3) is 22.4 Å². The van der Waals surface area contributed by atoms with E-state index in [0.29, 0.717) is 40.3 Å². The van der Waals surface area contributed by atoms with Gasteiger partial charge in [-0.3, -0.25) is 0 Å². The lowest BCUT2D eigenvalue weighted by atomic mass is 10.0. The molecule has 1 N–H and O–H groups in total. The minimum absolute atomic E-state index is 0.302. The van der Waals surface area contributed by atoms with E-state index in [0.717, 1.165) is 57.8 Å². The van der Waals surface area contributed by atoms with Crippen LogP contribution in [-0.4, -0.2) is 53.5 Å². The number of fused-ring (bicyclic) bond motifs is 1. The lowest BCUT2D eigenvalue weighted by Gasteiger charge is -2.36. The predicted molar refractivity (Wildman–Crippen MR) is 112 cm³/mol. The van der Waals surface area contributed by atoms with Crippen molar-refractivity contribution >= 4 is 16.7 Å². The molecule has 2 fully saturated rings. The number of halogens is 1. The third-order valence-electron chi connectivity index (χ3n) is 6.03. The van der Waals surface area contributed by atoms with Crippen molar-refractivity contribution in [2.24, 2.45) is 0 Å². The summed E-state index contributed by atoms with van der Waals surface area (Å²) in [6.07, 6.45) is 4.22. The fraction of sp³-hybridized carbons (Fsp3) is 0.500. The number of anilines is 1. The number of hydrogen-bond acceptors (Lipinski definition) is 7. The van der Waals surface area contributed by atoms with Gasteiger partial charge in [-0.15, -0.1) is 0 Å². The number of piperidine rings is 1. The molecule has 3 aromatic rings. The number of aryl methyl sites for hydroxylation is 1. The number of nitrogens with zero attached hydrogens (tertiary/aromatic N) is 4. The van der Waals surface area contributed by atoms with Gasteiger partial charge >= 0.3 is 0 Å². The van der Waals surface area contributed by atoms with E-state index in [-0.39, 0.29) is 5.82 Å². The smallest absolute Gasteiger partial charge is 0.261 e. The number of hydrogen-bond donors (Lipinski definition) is 1. The quantitative estimate of drug-likeness (QED) is 0.704. The molecule has 0 saturated carbocycles. The van der Waals surface area contributed by atoms with Crippen LogP contribution in [0.3, 0.4) is 0 Å². The summed E-state index contributed by atoms with van der Waals surface area (Å²) in [4.78, 5) is 11.4. The number of rotatable bonds is 4. The zero-order valence-corrected chi connectivity index (χ0v) is 17.1. The fourth-order valence-corrected chi connectivity index (χ4v) is 4.41. The van der Waals surface area contributed by atoms with Crippen LogP contribution >= 0.6 is 0 Å². The number of pyridine rings is 1. The highest BCUT2D eigenvalue weighted by Gasteiger charge is 2.27. The first-order chi connectivity index (χ1) is 14.7. The first kappa shape index (κ1) is 19.4. The highest BCUT2D eigenvalue weighted by atomic mass is 19.1. The van der Waals surface area contributed by atoms with Crippen molar-refractivity contribution < 1.29 is 13.7 Å². The summed E-state index contributed by atoms with van der Waals surface area (Å²) >= 11 is 0. The summed E-state index contributed by atoms with van der Waals surface area (Å²) in [5.74, 6) is 1.40. The normalized spacial score (nSPS) is 18.9. The van der Waals surface area contributed by atoms with Crippen LogP contribution in [0.1, 0.15) is 31.5 Å². The maximum Gasteiger partial charge on any atom is 0.261 e. The second kappa shape index (κ2) is 8.28. The van der Waals surface area contributed by atoms with Gasteiger partial charge in [0.15, 0.2) is 5.82 Å². The maximum absolute atomic E-state index is 14.4. The van der Waals surface area contributed by atoms with Crippen molar-refractivity contribution in [3.05, 3.63) is 35.9 Å². The Kier molecular flexibility index (Phi) is 5.35. The van der Waals surface area contributed by atoms with E-state index in [1.54, 1.807) is 19.1 Å². The van der Waals surface area contributed by atoms with Crippen molar-refractivity contribution in [2.45, 2.75) is 44.7 Å². The molecule has 0 atom stereocenters. The molecule has 0 aliphatic carbocycles. The van der Waals surface area contributed by atoms with E-state index in [2.05, 4.69) is 20.4 Å². The SMILES string of the molecule is Cc1noc(-c2cc3c(F)cccc3nc2N2CCC(NC3CCOCC3)CC2)n1. The van der Waals surface area contributed by atoms with E-state index in [4.69, 9.17) is 14.2 Å². The zero-order valence-electron chi connectivity index (χ0n) is 17.1. The molecule has 8 heteroatoms. The molecule has 2 aliphatic rings. The second-order valence-corrected chi connectivity index (χ2v) is 8.13. The van der Waals surface area contributed by atoms with Crippen LogP contribution in [0.5, 0.6) is 0 Å². The van der Waals surface area contributed by atoms with Crippen molar-refractivity contribution in [3.8, 4) is 11.5 Å². The monoisotopic (exact) mass is 411 g/mol. The minimum atomic E-state index is -0.302. The highest BCUT2D eigenvalue weighted by molar-refractivity contribution is 5.88. The van der Waals surface area contributed by atoms with Crippen LogP contribution in [0.2, 0.25) is 0 Å². The first-order valence-electron chi connectivity index (χ1n) is 10.7. The van der Waals surface area contributed by atoms with Crippen molar-refractivity contribution in [1.82, 2.24) is 20.4 Å². The fourth-order valence-electron chi connectivity index (χ4n) is 4.41. The van der Waals surface area contributed by atoms with Crippen LogP contribution in [-0.2, 0) is 4.74 Å². The Hall–Kier alpha value is -2.58. The Morgan fingerprint density at radius 1 is 1.07 bits per heavy atom. The average molecular weight is 411 g/mol. The lowest BCUT2D eigenvalue weighted by molar-refractivity contribution is 0.0738. The molecule has 2 aliphatic heterocycles. The molecule has 158 valence electrons.